The quantitative estimate of drug-likeness (QED) is 0.326. The van der Waals surface area contributed by atoms with Crippen molar-refractivity contribution in [2.45, 2.75) is 82.7 Å². The van der Waals surface area contributed by atoms with Crippen LogP contribution in [0.1, 0.15) is 92.4 Å². The predicted molar refractivity (Wildman–Crippen MR) is 141 cm³/mol. The van der Waals surface area contributed by atoms with Crippen LogP contribution in [-0.4, -0.2) is 6.61 Å². The van der Waals surface area contributed by atoms with Gasteiger partial charge in [0.2, 0.25) is 0 Å². The smallest absolute Gasteiger partial charge is 0.316 e. The Balaban J connectivity index is 1.24. The zero-order valence-electron chi connectivity index (χ0n) is 21.1. The molecule has 2 aliphatic carbocycles. The van der Waals surface area contributed by atoms with Gasteiger partial charge in [-0.15, -0.1) is 6.58 Å². The Morgan fingerprint density at radius 1 is 0.800 bits per heavy atom. The molecule has 2 aromatic carbocycles. The minimum Gasteiger partial charge on any atom is -0.316 e. The van der Waals surface area contributed by atoms with Crippen LogP contribution in [0.5, 0.6) is 0 Å². The van der Waals surface area contributed by atoms with Crippen molar-refractivity contribution in [3.63, 3.8) is 0 Å². The molecule has 0 aliphatic heterocycles. The van der Waals surface area contributed by atoms with Crippen LogP contribution in [-0.2, 0) is 17.3 Å². The maximum Gasteiger partial charge on any atom is 0.383 e. The molecule has 2 aliphatic rings. The molecule has 35 heavy (non-hydrogen) atoms. The third-order valence-corrected chi connectivity index (χ3v) is 8.18. The van der Waals surface area contributed by atoms with Crippen LogP contribution in [0.15, 0.2) is 73.3 Å². The number of halogens is 2. The number of ether oxygens (including phenoxy) is 1. The van der Waals surface area contributed by atoms with Crippen LogP contribution in [0.25, 0.3) is 0 Å². The van der Waals surface area contributed by atoms with E-state index in [1.54, 1.807) is 0 Å². The predicted octanol–water partition coefficient (Wildman–Crippen LogP) is 9.30. The molecule has 2 saturated carbocycles. The van der Waals surface area contributed by atoms with Gasteiger partial charge in [0.25, 0.3) is 0 Å². The fourth-order valence-electron chi connectivity index (χ4n) is 5.89. The molecule has 0 aromatic heterocycles. The Hall–Kier alpha value is -2.26. The van der Waals surface area contributed by atoms with E-state index in [4.69, 9.17) is 4.74 Å². The summed E-state index contributed by atoms with van der Waals surface area (Å²) in [6, 6.07) is 15.3. The standard InChI is InChI=1S/C32H40F2O/c1-3-5-25-8-14-28(15-9-25)29-16-10-26(11-17-29)22-23-35-32(33,34)31-20-18-30(19-21-31)27-12-6-24(4-2)7-13-27/h3-5,10-11,16-21,24-25,27-28H,2,6-9,12-15,22-23H2,1H3/b5-3+. The van der Waals surface area contributed by atoms with Crippen LogP contribution in [0.4, 0.5) is 8.78 Å². The summed E-state index contributed by atoms with van der Waals surface area (Å²) in [4.78, 5) is 0. The molecule has 0 unspecified atom stereocenters. The van der Waals surface area contributed by atoms with Crippen molar-refractivity contribution in [2.75, 3.05) is 6.61 Å². The largest absolute Gasteiger partial charge is 0.383 e. The summed E-state index contributed by atoms with van der Waals surface area (Å²) in [7, 11) is 0. The lowest BCUT2D eigenvalue weighted by Crippen LogP contribution is -2.20. The highest BCUT2D eigenvalue weighted by molar-refractivity contribution is 5.28. The van der Waals surface area contributed by atoms with Crippen molar-refractivity contribution in [3.05, 3.63) is 95.6 Å². The summed E-state index contributed by atoms with van der Waals surface area (Å²) < 4.78 is 34.4. The number of allylic oxidation sites excluding steroid dienone is 3. The van der Waals surface area contributed by atoms with Gasteiger partial charge in [0, 0.05) is 0 Å². The molecule has 4 rings (SSSR count). The third kappa shape index (κ3) is 6.91. The first-order chi connectivity index (χ1) is 17.0. The van der Waals surface area contributed by atoms with Crippen molar-refractivity contribution in [2.24, 2.45) is 11.8 Å². The number of alkyl halides is 2. The molecule has 0 amide bonds. The van der Waals surface area contributed by atoms with Gasteiger partial charge in [-0.1, -0.05) is 66.8 Å². The molecule has 188 valence electrons. The maximum atomic E-state index is 14.7. The van der Waals surface area contributed by atoms with Crippen LogP contribution in [0.3, 0.4) is 0 Å². The van der Waals surface area contributed by atoms with Crippen molar-refractivity contribution in [1.29, 1.82) is 0 Å². The summed E-state index contributed by atoms with van der Waals surface area (Å²) in [6.45, 7) is 5.98. The highest BCUT2D eigenvalue weighted by Crippen LogP contribution is 2.38. The first-order valence-electron chi connectivity index (χ1n) is 13.4. The lowest BCUT2D eigenvalue weighted by Gasteiger charge is -2.27. The third-order valence-electron chi connectivity index (χ3n) is 8.18. The van der Waals surface area contributed by atoms with Gasteiger partial charge in [0.15, 0.2) is 0 Å². The number of hydrogen-bond donors (Lipinski definition) is 0. The second kappa shape index (κ2) is 12.1. The molecule has 1 nitrogen and oxygen atoms in total. The van der Waals surface area contributed by atoms with E-state index in [0.717, 1.165) is 42.7 Å². The van der Waals surface area contributed by atoms with E-state index in [-0.39, 0.29) is 12.2 Å². The lowest BCUT2D eigenvalue weighted by molar-refractivity contribution is -0.248. The molecule has 0 bridgehead atoms. The Bertz CT molecular complexity index is 944. The van der Waals surface area contributed by atoms with Gasteiger partial charge in [-0.05, 0) is 105 Å². The van der Waals surface area contributed by atoms with Crippen LogP contribution < -0.4 is 0 Å². The topological polar surface area (TPSA) is 9.23 Å². The molecule has 0 N–H and O–H groups in total. The Labute approximate surface area is 210 Å². The normalized spacial score (nSPS) is 25.6. The first kappa shape index (κ1) is 25.8. The lowest BCUT2D eigenvalue weighted by atomic mass is 9.78. The molecule has 0 spiro atoms. The Kier molecular flexibility index (Phi) is 8.94. The Morgan fingerprint density at radius 3 is 1.83 bits per heavy atom. The fraction of sp³-hybridized carbons (Fsp3) is 0.500. The van der Waals surface area contributed by atoms with Gasteiger partial charge < -0.3 is 4.74 Å². The average Bonchev–Trinajstić information content (AvgIpc) is 2.90. The summed E-state index contributed by atoms with van der Waals surface area (Å²) in [6.07, 6.45) is 13.1. The van der Waals surface area contributed by atoms with Gasteiger partial charge in [0.05, 0.1) is 12.2 Å². The summed E-state index contributed by atoms with van der Waals surface area (Å²) in [5, 5.41) is 0. The van der Waals surface area contributed by atoms with Crippen molar-refractivity contribution in [3.8, 4) is 0 Å². The molecule has 0 radical (unpaired) electrons. The fourth-order valence-corrected chi connectivity index (χ4v) is 5.89. The van der Waals surface area contributed by atoms with Crippen LogP contribution >= 0.6 is 0 Å². The van der Waals surface area contributed by atoms with Crippen molar-refractivity contribution in [1.82, 2.24) is 0 Å². The van der Waals surface area contributed by atoms with E-state index >= 15 is 0 Å². The average molecular weight is 479 g/mol. The van der Waals surface area contributed by atoms with Crippen molar-refractivity contribution < 1.29 is 13.5 Å². The number of benzene rings is 2. The van der Waals surface area contributed by atoms with E-state index in [1.807, 2.05) is 18.2 Å². The second-order valence-electron chi connectivity index (χ2n) is 10.5. The molecule has 0 saturated heterocycles. The van der Waals surface area contributed by atoms with E-state index in [2.05, 4.69) is 49.9 Å². The van der Waals surface area contributed by atoms with Gasteiger partial charge in [0.1, 0.15) is 0 Å². The van der Waals surface area contributed by atoms with Crippen LogP contribution in [0, 0.1) is 11.8 Å². The summed E-state index contributed by atoms with van der Waals surface area (Å²) in [5.41, 5.74) is 3.50. The monoisotopic (exact) mass is 478 g/mol. The number of rotatable bonds is 9. The summed E-state index contributed by atoms with van der Waals surface area (Å²) in [5.74, 6) is 2.40. The number of hydrogen-bond acceptors (Lipinski definition) is 1. The molecular formula is C32H40F2O. The highest BCUT2D eigenvalue weighted by Gasteiger charge is 2.33. The minimum absolute atomic E-state index is 0.00583. The molecule has 3 heteroatoms. The highest BCUT2D eigenvalue weighted by atomic mass is 19.3. The molecule has 2 aromatic rings. The minimum atomic E-state index is -3.27. The Morgan fingerprint density at radius 2 is 1.31 bits per heavy atom. The molecule has 0 atom stereocenters. The van der Waals surface area contributed by atoms with E-state index < -0.39 is 6.11 Å². The molecular weight excluding hydrogens is 438 g/mol. The van der Waals surface area contributed by atoms with Gasteiger partial charge >= 0.3 is 6.11 Å². The molecule has 2 fully saturated rings. The zero-order chi connectivity index (χ0) is 24.7. The van der Waals surface area contributed by atoms with Crippen LogP contribution in [0.2, 0.25) is 0 Å². The SMILES string of the molecule is C=CC1CCC(c2ccc(C(F)(F)OCCc3ccc(C4CCC(/C=C/C)CC4)cc3)cc2)CC1. The molecule has 0 heterocycles. The maximum absolute atomic E-state index is 14.7. The van der Waals surface area contributed by atoms with Gasteiger partial charge in [-0.2, -0.15) is 8.78 Å². The van der Waals surface area contributed by atoms with E-state index in [9.17, 15) is 8.78 Å². The summed E-state index contributed by atoms with van der Waals surface area (Å²) >= 11 is 0. The van der Waals surface area contributed by atoms with Gasteiger partial charge in [-0.3, -0.25) is 0 Å². The zero-order valence-corrected chi connectivity index (χ0v) is 21.1. The van der Waals surface area contributed by atoms with E-state index in [1.165, 1.54) is 43.4 Å². The van der Waals surface area contributed by atoms with Crippen molar-refractivity contribution >= 4 is 0 Å². The first-order valence-corrected chi connectivity index (χ1v) is 13.4. The van der Waals surface area contributed by atoms with Gasteiger partial charge in [-0.25, -0.2) is 0 Å². The van der Waals surface area contributed by atoms with E-state index in [0.29, 0.717) is 24.2 Å². The second-order valence-corrected chi connectivity index (χ2v) is 10.5.